The largest absolute Gasteiger partial charge is 0.431 e. The Bertz CT molecular complexity index is 642. The number of carbonyl (C=O) groups excluding carboxylic acids is 1. The van der Waals surface area contributed by atoms with Crippen molar-refractivity contribution in [2.45, 2.75) is 19.2 Å². The van der Waals surface area contributed by atoms with Gasteiger partial charge in [-0.2, -0.15) is 17.5 Å². The van der Waals surface area contributed by atoms with Crippen molar-refractivity contribution in [2.24, 2.45) is 0 Å². The average molecular weight is 442 g/mol. The number of aromatic nitrogens is 1. The highest BCUT2D eigenvalue weighted by Gasteiger charge is 2.44. The second-order valence-electron chi connectivity index (χ2n) is 4.28. The summed E-state index contributed by atoms with van der Waals surface area (Å²) in [7, 11) is 0. The SMILES string of the molecule is Cc1nsc(I)c1NC(=O)OC(c1ccccc1)C(F)(F)F. The van der Waals surface area contributed by atoms with Crippen molar-refractivity contribution in [3.8, 4) is 0 Å². The molecule has 1 N–H and O–H groups in total. The highest BCUT2D eigenvalue weighted by Crippen LogP contribution is 2.36. The zero-order chi connectivity index (χ0) is 16.3. The molecule has 1 atom stereocenters. The number of nitrogens with one attached hydrogen (secondary N) is 1. The lowest BCUT2D eigenvalue weighted by molar-refractivity contribution is -0.205. The first kappa shape index (κ1) is 17.0. The number of ether oxygens (including phenoxy) is 1. The van der Waals surface area contributed by atoms with E-state index in [0.717, 1.165) is 11.5 Å². The van der Waals surface area contributed by atoms with Gasteiger partial charge in [0.15, 0.2) is 0 Å². The monoisotopic (exact) mass is 442 g/mol. The van der Waals surface area contributed by atoms with Crippen LogP contribution in [0, 0.1) is 9.81 Å². The first-order chi connectivity index (χ1) is 10.3. The van der Waals surface area contributed by atoms with E-state index in [2.05, 4.69) is 14.4 Å². The minimum Gasteiger partial charge on any atom is -0.431 e. The van der Waals surface area contributed by atoms with E-state index < -0.39 is 18.4 Å². The zero-order valence-corrected chi connectivity index (χ0v) is 14.1. The van der Waals surface area contributed by atoms with Crippen LogP contribution in [0.3, 0.4) is 0 Å². The van der Waals surface area contributed by atoms with Crippen molar-refractivity contribution >= 4 is 45.9 Å². The molecular formula is C13H10F3IN2O2S. The second kappa shape index (κ2) is 6.82. The van der Waals surface area contributed by atoms with Crippen LogP contribution in [0.15, 0.2) is 30.3 Å². The lowest BCUT2D eigenvalue weighted by atomic mass is 10.1. The van der Waals surface area contributed by atoms with Crippen LogP contribution in [0.5, 0.6) is 0 Å². The molecule has 0 aliphatic heterocycles. The van der Waals surface area contributed by atoms with Crippen LogP contribution in [0.2, 0.25) is 0 Å². The fraction of sp³-hybridized carbons (Fsp3) is 0.231. The summed E-state index contributed by atoms with van der Waals surface area (Å²) in [5.74, 6) is 0. The summed E-state index contributed by atoms with van der Waals surface area (Å²) in [6.07, 6.45) is -8.20. The smallest absolute Gasteiger partial charge is 0.429 e. The van der Waals surface area contributed by atoms with E-state index in [9.17, 15) is 18.0 Å². The van der Waals surface area contributed by atoms with Gasteiger partial charge in [0.2, 0.25) is 6.10 Å². The van der Waals surface area contributed by atoms with Crippen molar-refractivity contribution in [3.05, 3.63) is 44.5 Å². The van der Waals surface area contributed by atoms with Crippen LogP contribution in [0.4, 0.5) is 23.7 Å². The van der Waals surface area contributed by atoms with Crippen molar-refractivity contribution in [1.82, 2.24) is 4.37 Å². The molecule has 0 spiro atoms. The Labute approximate surface area is 142 Å². The quantitative estimate of drug-likeness (QED) is 0.688. The van der Waals surface area contributed by atoms with Crippen LogP contribution >= 0.6 is 34.1 Å². The number of amides is 1. The van der Waals surface area contributed by atoms with Gasteiger partial charge in [-0.05, 0) is 41.0 Å². The molecule has 0 bridgehead atoms. The van der Waals surface area contributed by atoms with Crippen LogP contribution in [0.1, 0.15) is 17.4 Å². The number of nitrogens with zero attached hydrogens (tertiary/aromatic N) is 1. The molecule has 0 saturated heterocycles. The van der Waals surface area contributed by atoms with E-state index in [0.29, 0.717) is 14.3 Å². The summed E-state index contributed by atoms with van der Waals surface area (Å²) in [4.78, 5) is 11.8. The van der Waals surface area contributed by atoms with E-state index >= 15 is 0 Å². The molecule has 0 radical (unpaired) electrons. The van der Waals surface area contributed by atoms with Crippen LogP contribution in [-0.2, 0) is 4.74 Å². The molecule has 2 aromatic rings. The van der Waals surface area contributed by atoms with Gasteiger partial charge in [-0.15, -0.1) is 0 Å². The van der Waals surface area contributed by atoms with Crippen molar-refractivity contribution in [1.29, 1.82) is 0 Å². The second-order valence-corrected chi connectivity index (χ2v) is 6.86. The molecule has 4 nitrogen and oxygen atoms in total. The maximum atomic E-state index is 13.1. The van der Waals surface area contributed by atoms with Gasteiger partial charge in [0.05, 0.1) is 11.4 Å². The Kier molecular flexibility index (Phi) is 5.27. The predicted octanol–water partition coefficient (Wildman–Crippen LogP) is 4.91. The number of benzene rings is 1. The van der Waals surface area contributed by atoms with Gasteiger partial charge in [0.1, 0.15) is 2.88 Å². The lowest BCUT2D eigenvalue weighted by Gasteiger charge is -2.21. The topological polar surface area (TPSA) is 51.2 Å². The van der Waals surface area contributed by atoms with Crippen LogP contribution < -0.4 is 5.32 Å². The molecular weight excluding hydrogens is 432 g/mol. The van der Waals surface area contributed by atoms with Crippen LogP contribution in [0.25, 0.3) is 0 Å². The number of alkyl halides is 3. The van der Waals surface area contributed by atoms with E-state index in [-0.39, 0.29) is 5.56 Å². The number of aryl methyl sites for hydroxylation is 1. The molecule has 0 aliphatic rings. The molecule has 0 aliphatic carbocycles. The first-order valence-corrected chi connectivity index (χ1v) is 7.85. The molecule has 22 heavy (non-hydrogen) atoms. The van der Waals surface area contributed by atoms with E-state index in [1.54, 1.807) is 13.0 Å². The van der Waals surface area contributed by atoms with Crippen molar-refractivity contribution < 1.29 is 22.7 Å². The Morgan fingerprint density at radius 3 is 2.50 bits per heavy atom. The predicted molar refractivity (Wildman–Crippen MR) is 84.9 cm³/mol. The zero-order valence-electron chi connectivity index (χ0n) is 11.1. The molecule has 0 fully saturated rings. The van der Waals surface area contributed by atoms with E-state index in [4.69, 9.17) is 0 Å². The van der Waals surface area contributed by atoms with Gasteiger partial charge in [-0.1, -0.05) is 30.3 Å². The van der Waals surface area contributed by atoms with Crippen molar-refractivity contribution in [3.63, 3.8) is 0 Å². The normalized spacial score (nSPS) is 12.8. The van der Waals surface area contributed by atoms with Crippen molar-refractivity contribution in [2.75, 3.05) is 5.32 Å². The highest BCUT2D eigenvalue weighted by atomic mass is 127. The summed E-state index contributed by atoms with van der Waals surface area (Å²) in [6, 6.07) is 7.00. The molecule has 1 aromatic carbocycles. The summed E-state index contributed by atoms with van der Waals surface area (Å²) in [5, 5.41) is 2.31. The summed E-state index contributed by atoms with van der Waals surface area (Å²) < 4.78 is 48.5. The number of halogens is 4. The van der Waals surface area contributed by atoms with Gasteiger partial charge < -0.3 is 4.74 Å². The van der Waals surface area contributed by atoms with Crippen LogP contribution in [-0.4, -0.2) is 16.6 Å². The lowest BCUT2D eigenvalue weighted by Crippen LogP contribution is -2.28. The maximum absolute atomic E-state index is 13.1. The molecule has 1 unspecified atom stereocenters. The number of carbonyl (C=O) groups is 1. The minimum atomic E-state index is -4.70. The number of hydrogen-bond donors (Lipinski definition) is 1. The van der Waals surface area contributed by atoms with Gasteiger partial charge in [-0.25, -0.2) is 4.79 Å². The third-order valence-electron chi connectivity index (χ3n) is 2.67. The third kappa shape index (κ3) is 4.09. The highest BCUT2D eigenvalue weighted by molar-refractivity contribution is 14.1. The van der Waals surface area contributed by atoms with Gasteiger partial charge in [-0.3, -0.25) is 5.32 Å². The van der Waals surface area contributed by atoms with E-state index in [1.807, 2.05) is 22.6 Å². The summed E-state index contributed by atoms with van der Waals surface area (Å²) in [6.45, 7) is 1.65. The Morgan fingerprint density at radius 1 is 1.36 bits per heavy atom. The molecule has 118 valence electrons. The van der Waals surface area contributed by atoms with E-state index in [1.165, 1.54) is 24.3 Å². The summed E-state index contributed by atoms with van der Waals surface area (Å²) >= 11 is 3.08. The van der Waals surface area contributed by atoms with Gasteiger partial charge in [0, 0.05) is 5.56 Å². The Hall–Kier alpha value is -1.36. The fourth-order valence-electron chi connectivity index (χ4n) is 1.67. The molecule has 1 amide bonds. The molecule has 0 saturated carbocycles. The fourth-order valence-corrected chi connectivity index (χ4v) is 3.09. The number of anilines is 1. The Balaban J connectivity index is 2.16. The molecule has 1 heterocycles. The first-order valence-electron chi connectivity index (χ1n) is 6.00. The minimum absolute atomic E-state index is 0.139. The van der Waals surface area contributed by atoms with Gasteiger partial charge in [0.25, 0.3) is 0 Å². The molecule has 1 aromatic heterocycles. The molecule has 2 rings (SSSR count). The molecule has 9 heteroatoms. The number of hydrogen-bond acceptors (Lipinski definition) is 4. The maximum Gasteiger partial charge on any atom is 0.429 e. The van der Waals surface area contributed by atoms with Gasteiger partial charge >= 0.3 is 12.3 Å². The Morgan fingerprint density at radius 2 is 2.00 bits per heavy atom. The third-order valence-corrected chi connectivity index (χ3v) is 4.53. The number of rotatable bonds is 3. The summed E-state index contributed by atoms with van der Waals surface area (Å²) in [5.41, 5.74) is 0.749. The average Bonchev–Trinajstić information content (AvgIpc) is 2.76. The standard InChI is InChI=1S/C13H10F3IN2O2S/c1-7-9(11(17)22-19-7)18-12(20)21-10(13(14,15)16)8-5-3-2-4-6-8/h2-6,10H,1H3,(H,18,20).